The second-order valence-electron chi connectivity index (χ2n) is 4.45. The molecule has 0 radical (unpaired) electrons. The third-order valence-electron chi connectivity index (χ3n) is 2.89. The van der Waals surface area contributed by atoms with E-state index in [9.17, 15) is 8.78 Å². The molecule has 0 aliphatic heterocycles. The maximum Gasteiger partial charge on any atom is 0.387 e. The Morgan fingerprint density at radius 3 is 2.57 bits per heavy atom. The first kappa shape index (κ1) is 15.9. The first-order valence-corrected chi connectivity index (χ1v) is 6.94. The van der Waals surface area contributed by atoms with E-state index in [1.807, 2.05) is 19.1 Å². The molecule has 0 atom stereocenters. The van der Waals surface area contributed by atoms with Gasteiger partial charge in [-0.1, -0.05) is 29.3 Å². The Morgan fingerprint density at radius 1 is 1.14 bits per heavy atom. The molecule has 0 saturated carbocycles. The summed E-state index contributed by atoms with van der Waals surface area (Å²) >= 11 is 11.9. The Morgan fingerprint density at radius 2 is 1.90 bits per heavy atom. The number of nitrogens with one attached hydrogen (secondary N) is 1. The number of halogens is 4. The van der Waals surface area contributed by atoms with Crippen LogP contribution in [-0.4, -0.2) is 6.61 Å². The number of aryl methyl sites for hydroxylation is 1. The molecular formula is C15H13Cl2F2NO. The van der Waals surface area contributed by atoms with E-state index in [-0.39, 0.29) is 5.75 Å². The molecule has 0 aliphatic carbocycles. The summed E-state index contributed by atoms with van der Waals surface area (Å²) in [6.07, 6.45) is 0. The zero-order chi connectivity index (χ0) is 15.4. The summed E-state index contributed by atoms with van der Waals surface area (Å²) in [4.78, 5) is 0. The van der Waals surface area contributed by atoms with E-state index < -0.39 is 6.61 Å². The van der Waals surface area contributed by atoms with Gasteiger partial charge >= 0.3 is 6.61 Å². The maximum atomic E-state index is 12.4. The molecule has 21 heavy (non-hydrogen) atoms. The Balaban J connectivity index is 2.14. The van der Waals surface area contributed by atoms with E-state index in [0.717, 1.165) is 11.3 Å². The molecule has 1 N–H and O–H groups in total. The number of ether oxygens (including phenoxy) is 1. The number of rotatable bonds is 5. The fraction of sp³-hybridized carbons (Fsp3) is 0.200. The summed E-state index contributed by atoms with van der Waals surface area (Å²) in [6, 6.07) is 10.0. The molecule has 112 valence electrons. The normalized spacial score (nSPS) is 10.8. The van der Waals surface area contributed by atoms with Crippen LogP contribution in [0.4, 0.5) is 14.5 Å². The van der Waals surface area contributed by atoms with Crippen LogP contribution in [0.5, 0.6) is 5.75 Å². The molecule has 0 amide bonds. The molecule has 0 spiro atoms. The van der Waals surface area contributed by atoms with Crippen molar-refractivity contribution >= 4 is 28.9 Å². The van der Waals surface area contributed by atoms with Crippen LogP contribution in [0.15, 0.2) is 36.4 Å². The van der Waals surface area contributed by atoms with Gasteiger partial charge in [-0.25, -0.2) is 0 Å². The topological polar surface area (TPSA) is 21.3 Å². The van der Waals surface area contributed by atoms with Crippen molar-refractivity contribution < 1.29 is 13.5 Å². The van der Waals surface area contributed by atoms with Crippen LogP contribution in [0.3, 0.4) is 0 Å². The van der Waals surface area contributed by atoms with E-state index in [1.165, 1.54) is 12.1 Å². The predicted molar refractivity (Wildman–Crippen MR) is 81.6 cm³/mol. The quantitative estimate of drug-likeness (QED) is 0.779. The number of hydrogen-bond acceptors (Lipinski definition) is 2. The molecule has 0 saturated heterocycles. The van der Waals surface area contributed by atoms with Gasteiger partial charge in [0.15, 0.2) is 0 Å². The van der Waals surface area contributed by atoms with Gasteiger partial charge in [-0.2, -0.15) is 8.78 Å². The van der Waals surface area contributed by atoms with Crippen LogP contribution in [0.1, 0.15) is 11.1 Å². The largest absolute Gasteiger partial charge is 0.434 e. The second-order valence-corrected chi connectivity index (χ2v) is 5.29. The fourth-order valence-electron chi connectivity index (χ4n) is 1.80. The highest BCUT2D eigenvalue weighted by atomic mass is 35.5. The van der Waals surface area contributed by atoms with Crippen molar-refractivity contribution in [1.82, 2.24) is 0 Å². The minimum Gasteiger partial charge on any atom is -0.434 e. The third kappa shape index (κ3) is 4.48. The summed E-state index contributed by atoms with van der Waals surface area (Å²) in [5.74, 6) is 0.0973. The zero-order valence-electron chi connectivity index (χ0n) is 11.2. The molecule has 6 heteroatoms. The lowest BCUT2D eigenvalue weighted by atomic mass is 10.2. The minimum absolute atomic E-state index is 0.0973. The van der Waals surface area contributed by atoms with Gasteiger partial charge in [0.2, 0.25) is 0 Å². The average molecular weight is 332 g/mol. The van der Waals surface area contributed by atoms with Gasteiger partial charge < -0.3 is 10.1 Å². The van der Waals surface area contributed by atoms with Gasteiger partial charge in [0.05, 0.1) is 0 Å². The van der Waals surface area contributed by atoms with Crippen LogP contribution in [-0.2, 0) is 6.54 Å². The van der Waals surface area contributed by atoms with Crippen LogP contribution >= 0.6 is 23.2 Å². The van der Waals surface area contributed by atoms with Crippen molar-refractivity contribution in [3.8, 4) is 5.75 Å². The summed E-state index contributed by atoms with van der Waals surface area (Å²) in [6.45, 7) is -0.682. The average Bonchev–Trinajstić information content (AvgIpc) is 2.42. The lowest BCUT2D eigenvalue weighted by Crippen LogP contribution is -2.07. The number of anilines is 1. The SMILES string of the molecule is Cc1ccc(NCc2cc(Cl)ccc2OC(F)F)cc1Cl. The molecule has 0 unspecified atom stereocenters. The monoisotopic (exact) mass is 331 g/mol. The fourth-order valence-corrected chi connectivity index (χ4v) is 2.17. The van der Waals surface area contributed by atoms with Crippen molar-refractivity contribution in [3.05, 3.63) is 57.6 Å². The molecule has 0 heterocycles. The van der Waals surface area contributed by atoms with E-state index in [2.05, 4.69) is 10.1 Å². The number of alkyl halides is 2. The van der Waals surface area contributed by atoms with Crippen molar-refractivity contribution in [2.75, 3.05) is 5.32 Å². The van der Waals surface area contributed by atoms with Crippen LogP contribution in [0.25, 0.3) is 0 Å². The maximum absolute atomic E-state index is 12.4. The van der Waals surface area contributed by atoms with Gasteiger partial charge in [0.1, 0.15) is 5.75 Å². The van der Waals surface area contributed by atoms with Gasteiger partial charge in [-0.05, 0) is 42.8 Å². The molecule has 2 aromatic rings. The van der Waals surface area contributed by atoms with E-state index in [4.69, 9.17) is 23.2 Å². The zero-order valence-corrected chi connectivity index (χ0v) is 12.7. The lowest BCUT2D eigenvalue weighted by Gasteiger charge is -2.13. The van der Waals surface area contributed by atoms with E-state index in [0.29, 0.717) is 22.2 Å². The Hall–Kier alpha value is -1.52. The summed E-state index contributed by atoms with van der Waals surface area (Å²) in [5.41, 5.74) is 2.29. The van der Waals surface area contributed by atoms with Crippen molar-refractivity contribution in [3.63, 3.8) is 0 Å². The molecular weight excluding hydrogens is 319 g/mol. The van der Waals surface area contributed by atoms with Crippen molar-refractivity contribution in [1.29, 1.82) is 0 Å². The highest BCUT2D eigenvalue weighted by Gasteiger charge is 2.10. The first-order valence-electron chi connectivity index (χ1n) is 6.19. The second kappa shape index (κ2) is 6.96. The standard InChI is InChI=1S/C15H13Cl2F2NO/c1-9-2-4-12(7-13(9)17)20-8-10-6-11(16)3-5-14(10)21-15(18)19/h2-7,15,20H,8H2,1H3. The molecule has 2 rings (SSSR count). The molecule has 0 bridgehead atoms. The summed E-state index contributed by atoms with van der Waals surface area (Å²) in [5, 5.41) is 4.19. The molecule has 2 nitrogen and oxygen atoms in total. The van der Waals surface area contributed by atoms with Gasteiger partial charge in [-0.3, -0.25) is 0 Å². The van der Waals surface area contributed by atoms with E-state index in [1.54, 1.807) is 12.1 Å². The van der Waals surface area contributed by atoms with Crippen molar-refractivity contribution in [2.24, 2.45) is 0 Å². The third-order valence-corrected chi connectivity index (χ3v) is 3.54. The van der Waals surface area contributed by atoms with Gasteiger partial charge in [-0.15, -0.1) is 0 Å². The minimum atomic E-state index is -2.88. The van der Waals surface area contributed by atoms with Gasteiger partial charge in [0.25, 0.3) is 0 Å². The Kier molecular flexibility index (Phi) is 5.26. The summed E-state index contributed by atoms with van der Waals surface area (Å²) < 4.78 is 29.2. The molecule has 0 fully saturated rings. The molecule has 2 aromatic carbocycles. The molecule has 0 aliphatic rings. The predicted octanol–water partition coefficient (Wildman–Crippen LogP) is 5.52. The Bertz CT molecular complexity index is 635. The van der Waals surface area contributed by atoms with Crippen LogP contribution in [0, 0.1) is 6.92 Å². The number of benzene rings is 2. The van der Waals surface area contributed by atoms with Crippen LogP contribution < -0.4 is 10.1 Å². The van der Waals surface area contributed by atoms with E-state index >= 15 is 0 Å². The lowest BCUT2D eigenvalue weighted by molar-refractivity contribution is -0.0504. The van der Waals surface area contributed by atoms with Gasteiger partial charge in [0, 0.05) is 27.8 Å². The highest BCUT2D eigenvalue weighted by Crippen LogP contribution is 2.26. The van der Waals surface area contributed by atoms with Crippen molar-refractivity contribution in [2.45, 2.75) is 20.1 Å². The highest BCUT2D eigenvalue weighted by molar-refractivity contribution is 6.31. The van der Waals surface area contributed by atoms with Crippen LogP contribution in [0.2, 0.25) is 10.0 Å². The smallest absolute Gasteiger partial charge is 0.387 e. The Labute approximate surface area is 131 Å². The number of hydrogen-bond donors (Lipinski definition) is 1. The molecule has 0 aromatic heterocycles. The first-order chi connectivity index (χ1) is 9.95. The summed E-state index contributed by atoms with van der Waals surface area (Å²) in [7, 11) is 0.